The molecule has 0 amide bonds. The van der Waals surface area contributed by atoms with Gasteiger partial charge in [0.1, 0.15) is 5.69 Å². The molecule has 0 fully saturated rings. The number of hydrogen-bond acceptors (Lipinski definition) is 5. The Morgan fingerprint density at radius 3 is 2.88 bits per heavy atom. The van der Waals surface area contributed by atoms with Crippen LogP contribution >= 0.6 is 11.3 Å². The van der Waals surface area contributed by atoms with Crippen LogP contribution in [-0.2, 0) is 4.79 Å². The smallest absolute Gasteiger partial charge is 0.299 e. The third-order valence-corrected chi connectivity index (χ3v) is 4.49. The molecule has 24 heavy (non-hydrogen) atoms. The molecule has 0 aliphatic heterocycles. The Hall–Kier alpha value is -2.99. The second-order valence-electron chi connectivity index (χ2n) is 5.33. The van der Waals surface area contributed by atoms with E-state index in [4.69, 9.17) is 9.84 Å². The van der Waals surface area contributed by atoms with E-state index in [0.29, 0.717) is 11.6 Å². The second-order valence-corrected chi connectivity index (χ2v) is 6.17. The minimum absolute atomic E-state index is 0.279. The number of benzene rings is 2. The number of aryl methyl sites for hydroxylation is 1. The number of thiazole rings is 1. The van der Waals surface area contributed by atoms with Gasteiger partial charge in [0.15, 0.2) is 0 Å². The van der Waals surface area contributed by atoms with E-state index in [1.165, 1.54) is 16.9 Å². The van der Waals surface area contributed by atoms with Gasteiger partial charge in [-0.3, -0.25) is 4.79 Å². The van der Waals surface area contributed by atoms with Crippen molar-refractivity contribution >= 4 is 28.7 Å². The van der Waals surface area contributed by atoms with Crippen LogP contribution in [0.5, 0.6) is 5.88 Å². The highest BCUT2D eigenvalue weighted by molar-refractivity contribution is 7.12. The maximum absolute atomic E-state index is 10.5. The Labute approximate surface area is 142 Å². The first-order valence-electron chi connectivity index (χ1n) is 7.37. The first kappa shape index (κ1) is 14.6. The summed E-state index contributed by atoms with van der Waals surface area (Å²) in [5.41, 5.74) is 4.11. The van der Waals surface area contributed by atoms with Crippen LogP contribution in [0, 0.1) is 6.92 Å². The SMILES string of the molecule is Cc1cccc(-c2nn(-c3nc(OC=O)cs3)c3ccccc23)c1. The van der Waals surface area contributed by atoms with Crippen molar-refractivity contribution in [1.82, 2.24) is 14.8 Å². The zero-order valence-corrected chi connectivity index (χ0v) is 13.7. The van der Waals surface area contributed by atoms with Crippen molar-refractivity contribution in [1.29, 1.82) is 0 Å². The van der Waals surface area contributed by atoms with E-state index < -0.39 is 0 Å². The van der Waals surface area contributed by atoms with Crippen LogP contribution in [0.15, 0.2) is 53.9 Å². The summed E-state index contributed by atoms with van der Waals surface area (Å²) in [5, 5.41) is 8.16. The highest BCUT2D eigenvalue weighted by Crippen LogP contribution is 2.31. The summed E-state index contributed by atoms with van der Waals surface area (Å²) < 4.78 is 6.59. The van der Waals surface area contributed by atoms with E-state index in [2.05, 4.69) is 30.1 Å². The summed E-state index contributed by atoms with van der Waals surface area (Å²) in [5.74, 6) is 0.279. The molecule has 0 atom stereocenters. The van der Waals surface area contributed by atoms with Crippen LogP contribution in [0.1, 0.15) is 5.56 Å². The van der Waals surface area contributed by atoms with Crippen LogP contribution in [0.25, 0.3) is 27.3 Å². The van der Waals surface area contributed by atoms with Crippen molar-refractivity contribution in [2.75, 3.05) is 0 Å². The molecule has 118 valence electrons. The van der Waals surface area contributed by atoms with Gasteiger partial charge in [0.25, 0.3) is 6.47 Å². The molecule has 2 aromatic heterocycles. The molecule has 0 aliphatic rings. The molecule has 0 N–H and O–H groups in total. The van der Waals surface area contributed by atoms with E-state index in [1.54, 1.807) is 10.1 Å². The third-order valence-electron chi connectivity index (χ3n) is 3.70. The van der Waals surface area contributed by atoms with Crippen LogP contribution < -0.4 is 4.74 Å². The summed E-state index contributed by atoms with van der Waals surface area (Å²) in [4.78, 5) is 14.8. The first-order valence-corrected chi connectivity index (χ1v) is 8.25. The molecule has 5 nitrogen and oxygen atoms in total. The molecule has 2 heterocycles. The lowest BCUT2D eigenvalue weighted by Crippen LogP contribution is -1.96. The van der Waals surface area contributed by atoms with Crippen molar-refractivity contribution in [2.24, 2.45) is 0 Å². The molecule has 4 aromatic rings. The van der Waals surface area contributed by atoms with Gasteiger partial charge in [-0.25, -0.2) is 4.68 Å². The molecule has 4 rings (SSSR count). The fraction of sp³-hybridized carbons (Fsp3) is 0.0556. The van der Waals surface area contributed by atoms with Crippen LogP contribution in [0.3, 0.4) is 0 Å². The fourth-order valence-corrected chi connectivity index (χ4v) is 3.36. The lowest BCUT2D eigenvalue weighted by molar-refractivity contribution is -0.120. The molecular formula is C18H13N3O2S. The fourth-order valence-electron chi connectivity index (χ4n) is 2.67. The number of aromatic nitrogens is 3. The minimum atomic E-state index is 0.279. The molecule has 0 radical (unpaired) electrons. The molecule has 0 bridgehead atoms. The van der Waals surface area contributed by atoms with Gasteiger partial charge in [0.05, 0.1) is 10.9 Å². The van der Waals surface area contributed by atoms with Gasteiger partial charge >= 0.3 is 0 Å². The second kappa shape index (κ2) is 5.90. The van der Waals surface area contributed by atoms with Crippen molar-refractivity contribution in [3.8, 4) is 22.3 Å². The zero-order chi connectivity index (χ0) is 16.5. The molecule has 0 unspecified atom stereocenters. The first-order chi connectivity index (χ1) is 11.8. The van der Waals surface area contributed by atoms with Crippen molar-refractivity contribution in [2.45, 2.75) is 6.92 Å². The minimum Gasteiger partial charge on any atom is -0.409 e. The average molecular weight is 335 g/mol. The van der Waals surface area contributed by atoms with Gasteiger partial charge in [0, 0.05) is 10.9 Å². The summed E-state index contributed by atoms with van der Waals surface area (Å²) in [6.45, 7) is 2.44. The topological polar surface area (TPSA) is 57.0 Å². The number of ether oxygens (including phenoxy) is 1. The highest BCUT2D eigenvalue weighted by Gasteiger charge is 2.15. The van der Waals surface area contributed by atoms with Crippen LogP contribution in [-0.4, -0.2) is 21.2 Å². The predicted octanol–water partition coefficient (Wildman–Crippen LogP) is 3.99. The molecule has 0 saturated heterocycles. The highest BCUT2D eigenvalue weighted by atomic mass is 32.1. The normalized spacial score (nSPS) is 10.9. The zero-order valence-electron chi connectivity index (χ0n) is 12.8. The number of fused-ring (bicyclic) bond motifs is 1. The van der Waals surface area contributed by atoms with E-state index in [-0.39, 0.29) is 5.88 Å². The Morgan fingerprint density at radius 2 is 2.04 bits per heavy atom. The van der Waals surface area contributed by atoms with E-state index in [0.717, 1.165) is 22.2 Å². The van der Waals surface area contributed by atoms with Gasteiger partial charge in [-0.05, 0) is 19.1 Å². The number of carbonyl (C=O) groups is 1. The van der Waals surface area contributed by atoms with Crippen molar-refractivity contribution < 1.29 is 9.53 Å². The van der Waals surface area contributed by atoms with Crippen molar-refractivity contribution in [3.05, 3.63) is 59.5 Å². The molecule has 0 saturated carbocycles. The lowest BCUT2D eigenvalue weighted by Gasteiger charge is -1.99. The number of para-hydroxylation sites is 1. The largest absolute Gasteiger partial charge is 0.409 e. The van der Waals surface area contributed by atoms with E-state index >= 15 is 0 Å². The number of carbonyl (C=O) groups excluding carboxylic acids is 1. The number of hydrogen-bond donors (Lipinski definition) is 0. The summed E-state index contributed by atoms with van der Waals surface area (Å²) in [6, 6.07) is 16.3. The summed E-state index contributed by atoms with van der Waals surface area (Å²) in [7, 11) is 0. The van der Waals surface area contributed by atoms with Gasteiger partial charge in [-0.1, -0.05) is 53.3 Å². The Morgan fingerprint density at radius 1 is 1.17 bits per heavy atom. The molecular weight excluding hydrogens is 322 g/mol. The molecule has 6 heteroatoms. The third kappa shape index (κ3) is 2.47. The van der Waals surface area contributed by atoms with E-state index in [9.17, 15) is 4.79 Å². The van der Waals surface area contributed by atoms with Gasteiger partial charge in [-0.2, -0.15) is 10.1 Å². The molecule has 0 spiro atoms. The van der Waals surface area contributed by atoms with Gasteiger partial charge in [0.2, 0.25) is 11.0 Å². The van der Waals surface area contributed by atoms with Gasteiger partial charge in [-0.15, -0.1) is 0 Å². The van der Waals surface area contributed by atoms with Crippen LogP contribution in [0.4, 0.5) is 0 Å². The maximum atomic E-state index is 10.5. The standard InChI is InChI=1S/C18H13N3O2S/c1-12-5-4-6-13(9-12)17-14-7-2-3-8-15(14)21(20-17)18-19-16(10-24-18)23-11-22/h2-11H,1H3. The maximum Gasteiger partial charge on any atom is 0.299 e. The van der Waals surface area contributed by atoms with E-state index in [1.807, 2.05) is 30.3 Å². The Bertz CT molecular complexity index is 1040. The lowest BCUT2D eigenvalue weighted by atomic mass is 10.1. The average Bonchev–Trinajstić information content (AvgIpc) is 3.19. The number of nitrogens with zero attached hydrogens (tertiary/aromatic N) is 3. The predicted molar refractivity (Wildman–Crippen MR) is 93.6 cm³/mol. The monoisotopic (exact) mass is 335 g/mol. The molecule has 2 aromatic carbocycles. The summed E-state index contributed by atoms with van der Waals surface area (Å²) in [6.07, 6.45) is 0. The van der Waals surface area contributed by atoms with Gasteiger partial charge < -0.3 is 4.74 Å². The molecule has 0 aliphatic carbocycles. The quantitative estimate of drug-likeness (QED) is 0.529. The Kier molecular flexibility index (Phi) is 3.59. The summed E-state index contributed by atoms with van der Waals surface area (Å²) >= 11 is 1.37. The van der Waals surface area contributed by atoms with Crippen molar-refractivity contribution in [3.63, 3.8) is 0 Å². The number of rotatable bonds is 4. The van der Waals surface area contributed by atoms with Crippen LogP contribution in [0.2, 0.25) is 0 Å². The Balaban J connectivity index is 1.92.